The number of thiophene rings is 1. The molecule has 2 heterocycles. The number of ether oxygens (including phenoxy) is 1. The molecule has 1 aromatic carbocycles. The molecule has 0 saturated heterocycles. The van der Waals surface area contributed by atoms with E-state index in [2.05, 4.69) is 35.2 Å². The zero-order valence-corrected chi connectivity index (χ0v) is 14.0. The molecule has 2 aromatic rings. The van der Waals surface area contributed by atoms with Gasteiger partial charge in [0.1, 0.15) is 6.10 Å². The van der Waals surface area contributed by atoms with Crippen LogP contribution in [-0.2, 0) is 11.3 Å². The quantitative estimate of drug-likeness (QED) is 0.787. The van der Waals surface area contributed by atoms with Gasteiger partial charge in [-0.3, -0.25) is 4.90 Å². The molecule has 1 atom stereocenters. The van der Waals surface area contributed by atoms with Gasteiger partial charge >= 0.3 is 0 Å². The maximum atomic E-state index is 10.5. The lowest BCUT2D eigenvalue weighted by molar-refractivity contribution is 0.106. The first-order chi connectivity index (χ1) is 11.3. The number of nitrogens with zero attached hydrogens (tertiary/aromatic N) is 1. The Morgan fingerprint density at radius 3 is 2.70 bits per heavy atom. The molecule has 0 radical (unpaired) electrons. The second kappa shape index (κ2) is 8.41. The molecule has 0 aliphatic carbocycles. The predicted octanol–water partition coefficient (Wildman–Crippen LogP) is 3.63. The van der Waals surface area contributed by atoms with Gasteiger partial charge < -0.3 is 9.84 Å². The van der Waals surface area contributed by atoms with Gasteiger partial charge in [-0.05, 0) is 29.0 Å². The van der Waals surface area contributed by atoms with Gasteiger partial charge in [0.2, 0.25) is 0 Å². The third-order valence-corrected chi connectivity index (χ3v) is 4.93. The fraction of sp³-hybridized carbons (Fsp3) is 0.368. The van der Waals surface area contributed by atoms with Crippen LogP contribution < -0.4 is 0 Å². The maximum absolute atomic E-state index is 10.5. The summed E-state index contributed by atoms with van der Waals surface area (Å²) in [6.45, 7) is 3.84. The van der Waals surface area contributed by atoms with Crippen molar-refractivity contribution in [3.63, 3.8) is 0 Å². The van der Waals surface area contributed by atoms with Gasteiger partial charge in [-0.2, -0.15) is 0 Å². The number of aliphatic hydroxyl groups is 1. The topological polar surface area (TPSA) is 32.7 Å². The minimum Gasteiger partial charge on any atom is -0.386 e. The average molecular weight is 329 g/mol. The summed E-state index contributed by atoms with van der Waals surface area (Å²) in [6.07, 6.45) is 2.82. The van der Waals surface area contributed by atoms with E-state index in [1.165, 1.54) is 11.1 Å². The summed E-state index contributed by atoms with van der Waals surface area (Å²) in [7, 11) is 0. The molecule has 3 nitrogen and oxygen atoms in total. The largest absolute Gasteiger partial charge is 0.386 e. The van der Waals surface area contributed by atoms with Crippen LogP contribution in [0.25, 0.3) is 0 Å². The second-order valence-electron chi connectivity index (χ2n) is 5.89. The Morgan fingerprint density at radius 2 is 2.00 bits per heavy atom. The molecule has 0 amide bonds. The molecular formula is C19H23NO2S. The van der Waals surface area contributed by atoms with E-state index in [0.717, 1.165) is 31.0 Å². The third-order valence-electron chi connectivity index (χ3n) is 3.96. The zero-order chi connectivity index (χ0) is 15.9. The molecular weight excluding hydrogens is 306 g/mol. The van der Waals surface area contributed by atoms with Crippen LogP contribution >= 0.6 is 11.3 Å². The van der Waals surface area contributed by atoms with E-state index >= 15 is 0 Å². The van der Waals surface area contributed by atoms with Crippen molar-refractivity contribution in [1.82, 2.24) is 4.90 Å². The van der Waals surface area contributed by atoms with Gasteiger partial charge in [0.05, 0.1) is 13.2 Å². The summed E-state index contributed by atoms with van der Waals surface area (Å²) in [5, 5.41) is 12.5. The number of hydrogen-bond acceptors (Lipinski definition) is 4. The first kappa shape index (κ1) is 16.4. The van der Waals surface area contributed by atoms with Crippen molar-refractivity contribution >= 4 is 11.3 Å². The summed E-state index contributed by atoms with van der Waals surface area (Å²) < 4.78 is 5.56. The Balaban J connectivity index is 1.68. The molecule has 3 rings (SSSR count). The van der Waals surface area contributed by atoms with E-state index in [9.17, 15) is 5.11 Å². The van der Waals surface area contributed by atoms with Crippen molar-refractivity contribution in [2.45, 2.75) is 19.1 Å². The molecule has 1 N–H and O–H groups in total. The minimum atomic E-state index is -0.441. The number of hydrogen-bond donors (Lipinski definition) is 1. The van der Waals surface area contributed by atoms with E-state index in [0.29, 0.717) is 13.2 Å². The van der Waals surface area contributed by atoms with Gasteiger partial charge in [0, 0.05) is 24.5 Å². The van der Waals surface area contributed by atoms with Crippen LogP contribution in [0.4, 0.5) is 0 Å². The van der Waals surface area contributed by atoms with Crippen molar-refractivity contribution < 1.29 is 9.84 Å². The van der Waals surface area contributed by atoms with Crippen molar-refractivity contribution in [1.29, 1.82) is 0 Å². The second-order valence-corrected chi connectivity index (χ2v) is 6.87. The Hall–Kier alpha value is -1.46. The van der Waals surface area contributed by atoms with Crippen LogP contribution in [-0.4, -0.2) is 36.3 Å². The molecule has 1 aliphatic rings. The standard InChI is InChI=1S/C19H23NO2S/c21-18(19-9-5-11-23-19)14-20(12-16-6-2-1-3-7-16)13-17-8-4-10-22-15-17/h1-3,5-9,11,18,21H,4,10,12-15H2. The monoisotopic (exact) mass is 329 g/mol. The van der Waals surface area contributed by atoms with E-state index < -0.39 is 6.10 Å². The van der Waals surface area contributed by atoms with Crippen molar-refractivity contribution in [3.05, 3.63) is 69.9 Å². The van der Waals surface area contributed by atoms with Crippen LogP contribution in [0.15, 0.2) is 59.5 Å². The Labute approximate surface area is 141 Å². The molecule has 122 valence electrons. The van der Waals surface area contributed by atoms with E-state index in [1.807, 2.05) is 23.6 Å². The highest BCUT2D eigenvalue weighted by molar-refractivity contribution is 7.10. The zero-order valence-electron chi connectivity index (χ0n) is 13.2. The number of rotatable bonds is 7. The fourth-order valence-electron chi connectivity index (χ4n) is 2.85. The van der Waals surface area contributed by atoms with E-state index in [-0.39, 0.29) is 0 Å². The highest BCUT2D eigenvalue weighted by Gasteiger charge is 2.17. The summed E-state index contributed by atoms with van der Waals surface area (Å²) in [4.78, 5) is 3.33. The molecule has 0 spiro atoms. The Bertz CT molecular complexity index is 610. The van der Waals surface area contributed by atoms with Crippen LogP contribution in [0, 0.1) is 0 Å². The van der Waals surface area contributed by atoms with Gasteiger partial charge in [-0.1, -0.05) is 42.5 Å². The van der Waals surface area contributed by atoms with Crippen LogP contribution in [0.2, 0.25) is 0 Å². The highest BCUT2D eigenvalue weighted by Crippen LogP contribution is 2.21. The third kappa shape index (κ3) is 5.01. The highest BCUT2D eigenvalue weighted by atomic mass is 32.1. The molecule has 4 heteroatoms. The number of aliphatic hydroxyl groups excluding tert-OH is 1. The van der Waals surface area contributed by atoms with Gasteiger partial charge in [0.25, 0.3) is 0 Å². The minimum absolute atomic E-state index is 0.441. The summed E-state index contributed by atoms with van der Waals surface area (Å²) in [5.74, 6) is 0. The van der Waals surface area contributed by atoms with E-state index in [1.54, 1.807) is 11.3 Å². The molecule has 1 aromatic heterocycles. The molecule has 1 aliphatic heterocycles. The molecule has 0 bridgehead atoms. The average Bonchev–Trinajstić information content (AvgIpc) is 3.11. The Morgan fingerprint density at radius 1 is 1.13 bits per heavy atom. The van der Waals surface area contributed by atoms with Crippen LogP contribution in [0.1, 0.15) is 23.0 Å². The SMILES string of the molecule is OC(CN(CC1=CCCOC1)Cc1ccccc1)c1cccs1. The van der Waals surface area contributed by atoms with Crippen molar-refractivity contribution in [3.8, 4) is 0 Å². The molecule has 0 saturated carbocycles. The summed E-state index contributed by atoms with van der Waals surface area (Å²) in [6, 6.07) is 14.4. The lowest BCUT2D eigenvalue weighted by Gasteiger charge is -2.27. The molecule has 0 fully saturated rings. The van der Waals surface area contributed by atoms with Crippen LogP contribution in [0.3, 0.4) is 0 Å². The molecule has 1 unspecified atom stereocenters. The summed E-state index contributed by atoms with van der Waals surface area (Å²) >= 11 is 1.61. The van der Waals surface area contributed by atoms with Crippen molar-refractivity contribution in [2.75, 3.05) is 26.3 Å². The van der Waals surface area contributed by atoms with Crippen molar-refractivity contribution in [2.24, 2.45) is 0 Å². The van der Waals surface area contributed by atoms with Crippen LogP contribution in [0.5, 0.6) is 0 Å². The first-order valence-corrected chi connectivity index (χ1v) is 8.92. The fourth-order valence-corrected chi connectivity index (χ4v) is 3.55. The normalized spacial score (nSPS) is 16.3. The summed E-state index contributed by atoms with van der Waals surface area (Å²) in [5.41, 5.74) is 2.58. The maximum Gasteiger partial charge on any atom is 0.101 e. The predicted molar refractivity (Wildman–Crippen MR) is 94.5 cm³/mol. The van der Waals surface area contributed by atoms with E-state index in [4.69, 9.17) is 4.74 Å². The molecule has 23 heavy (non-hydrogen) atoms. The van der Waals surface area contributed by atoms with Gasteiger partial charge in [0.15, 0.2) is 0 Å². The smallest absolute Gasteiger partial charge is 0.101 e. The first-order valence-electron chi connectivity index (χ1n) is 8.04. The Kier molecular flexibility index (Phi) is 6.00. The lowest BCUT2D eigenvalue weighted by atomic mass is 10.1. The number of benzene rings is 1. The van der Waals surface area contributed by atoms with Gasteiger partial charge in [-0.25, -0.2) is 0 Å². The van der Waals surface area contributed by atoms with Gasteiger partial charge in [-0.15, -0.1) is 11.3 Å². The lowest BCUT2D eigenvalue weighted by Crippen LogP contribution is -2.31.